The van der Waals surface area contributed by atoms with E-state index < -0.39 is 0 Å². The SMILES string of the molecule is CCOC=C(C(C)=O)c1cccnc1. The maximum atomic E-state index is 11.3. The van der Waals surface area contributed by atoms with Crippen molar-refractivity contribution < 1.29 is 9.53 Å². The van der Waals surface area contributed by atoms with Gasteiger partial charge in [-0.15, -0.1) is 0 Å². The number of hydrogen-bond acceptors (Lipinski definition) is 3. The van der Waals surface area contributed by atoms with Crippen LogP contribution in [0.15, 0.2) is 30.8 Å². The highest BCUT2D eigenvalue weighted by Crippen LogP contribution is 2.13. The van der Waals surface area contributed by atoms with Crippen LogP contribution >= 0.6 is 0 Å². The van der Waals surface area contributed by atoms with E-state index in [4.69, 9.17) is 4.74 Å². The van der Waals surface area contributed by atoms with Crippen molar-refractivity contribution in [3.63, 3.8) is 0 Å². The van der Waals surface area contributed by atoms with Crippen LogP contribution in [-0.2, 0) is 9.53 Å². The van der Waals surface area contributed by atoms with Crippen molar-refractivity contribution in [2.24, 2.45) is 0 Å². The number of allylic oxidation sites excluding steroid dienone is 1. The van der Waals surface area contributed by atoms with Crippen LogP contribution in [0.5, 0.6) is 0 Å². The molecular weight excluding hydrogens is 178 g/mol. The molecule has 1 heterocycles. The molecule has 0 fully saturated rings. The molecule has 3 nitrogen and oxygen atoms in total. The van der Waals surface area contributed by atoms with Gasteiger partial charge in [-0.25, -0.2) is 0 Å². The highest BCUT2D eigenvalue weighted by atomic mass is 16.5. The molecule has 0 spiro atoms. The Labute approximate surface area is 83.4 Å². The molecule has 74 valence electrons. The summed E-state index contributed by atoms with van der Waals surface area (Å²) in [6.07, 6.45) is 4.80. The zero-order valence-corrected chi connectivity index (χ0v) is 8.36. The van der Waals surface area contributed by atoms with Gasteiger partial charge in [0.2, 0.25) is 0 Å². The van der Waals surface area contributed by atoms with Crippen LogP contribution in [0.3, 0.4) is 0 Å². The maximum Gasteiger partial charge on any atom is 0.163 e. The van der Waals surface area contributed by atoms with E-state index >= 15 is 0 Å². The number of carbonyl (C=O) groups excluding carboxylic acids is 1. The van der Waals surface area contributed by atoms with Crippen molar-refractivity contribution in [2.45, 2.75) is 13.8 Å². The summed E-state index contributed by atoms with van der Waals surface area (Å²) in [5.74, 6) is -0.0218. The zero-order valence-electron chi connectivity index (χ0n) is 8.36. The Hall–Kier alpha value is -1.64. The van der Waals surface area contributed by atoms with Gasteiger partial charge in [0.1, 0.15) is 0 Å². The van der Waals surface area contributed by atoms with Gasteiger partial charge in [-0.2, -0.15) is 0 Å². The summed E-state index contributed by atoms with van der Waals surface area (Å²) in [5, 5.41) is 0. The second-order valence-corrected chi connectivity index (χ2v) is 2.78. The van der Waals surface area contributed by atoms with Crippen LogP contribution in [0.2, 0.25) is 0 Å². The minimum Gasteiger partial charge on any atom is -0.501 e. The Bertz CT molecular complexity index is 330. The summed E-state index contributed by atoms with van der Waals surface area (Å²) in [7, 11) is 0. The van der Waals surface area contributed by atoms with Crippen molar-refractivity contribution in [1.82, 2.24) is 4.98 Å². The van der Waals surface area contributed by atoms with E-state index in [1.807, 2.05) is 13.0 Å². The number of aromatic nitrogens is 1. The van der Waals surface area contributed by atoms with Crippen LogP contribution in [-0.4, -0.2) is 17.4 Å². The molecule has 0 aliphatic heterocycles. The molecule has 0 saturated carbocycles. The molecule has 1 aromatic rings. The van der Waals surface area contributed by atoms with Crippen LogP contribution in [0.25, 0.3) is 5.57 Å². The van der Waals surface area contributed by atoms with Gasteiger partial charge in [0.25, 0.3) is 0 Å². The predicted molar refractivity (Wildman–Crippen MR) is 54.5 cm³/mol. The summed E-state index contributed by atoms with van der Waals surface area (Å²) in [6.45, 7) is 3.94. The molecule has 1 aromatic heterocycles. The van der Waals surface area contributed by atoms with Crippen molar-refractivity contribution in [1.29, 1.82) is 0 Å². The van der Waals surface area contributed by atoms with E-state index in [1.54, 1.807) is 18.5 Å². The van der Waals surface area contributed by atoms with Gasteiger partial charge in [-0.3, -0.25) is 9.78 Å². The Morgan fingerprint density at radius 1 is 1.64 bits per heavy atom. The lowest BCUT2D eigenvalue weighted by molar-refractivity contribution is -0.111. The van der Waals surface area contributed by atoms with E-state index in [-0.39, 0.29) is 5.78 Å². The number of nitrogens with zero attached hydrogens (tertiary/aromatic N) is 1. The summed E-state index contributed by atoms with van der Waals surface area (Å²) in [5.41, 5.74) is 1.34. The topological polar surface area (TPSA) is 39.2 Å². The summed E-state index contributed by atoms with van der Waals surface area (Å²) in [4.78, 5) is 15.2. The summed E-state index contributed by atoms with van der Waals surface area (Å²) < 4.78 is 5.10. The number of hydrogen-bond donors (Lipinski definition) is 0. The third-order valence-corrected chi connectivity index (χ3v) is 1.72. The smallest absolute Gasteiger partial charge is 0.163 e. The van der Waals surface area contributed by atoms with E-state index in [9.17, 15) is 4.79 Å². The molecule has 0 radical (unpaired) electrons. The van der Waals surface area contributed by atoms with Crippen molar-refractivity contribution >= 4 is 11.4 Å². The molecule has 0 N–H and O–H groups in total. The van der Waals surface area contributed by atoms with Gasteiger partial charge in [0, 0.05) is 18.0 Å². The number of Topliss-reactive ketones (excluding diaryl/α,β-unsaturated/α-hetero) is 1. The van der Waals surface area contributed by atoms with E-state index in [0.717, 1.165) is 5.56 Å². The standard InChI is InChI=1S/C11H13NO2/c1-3-14-8-11(9(2)13)10-5-4-6-12-7-10/h4-8H,3H2,1-2H3. The molecular formula is C11H13NO2. The van der Waals surface area contributed by atoms with Crippen molar-refractivity contribution in [2.75, 3.05) is 6.61 Å². The first kappa shape index (κ1) is 10.4. The third-order valence-electron chi connectivity index (χ3n) is 1.72. The Morgan fingerprint density at radius 3 is 2.93 bits per heavy atom. The fourth-order valence-corrected chi connectivity index (χ4v) is 1.04. The van der Waals surface area contributed by atoms with Gasteiger partial charge < -0.3 is 4.74 Å². The minimum absolute atomic E-state index is 0.0218. The molecule has 0 unspecified atom stereocenters. The van der Waals surface area contributed by atoms with Crippen LogP contribution < -0.4 is 0 Å². The average molecular weight is 191 g/mol. The van der Waals surface area contributed by atoms with Gasteiger partial charge in [-0.05, 0) is 19.9 Å². The molecule has 1 rings (SSSR count). The number of ketones is 1. The number of pyridine rings is 1. The van der Waals surface area contributed by atoms with Gasteiger partial charge in [0.05, 0.1) is 18.4 Å². The van der Waals surface area contributed by atoms with E-state index in [1.165, 1.54) is 13.2 Å². The zero-order chi connectivity index (χ0) is 10.4. The normalized spacial score (nSPS) is 11.1. The molecule has 0 bridgehead atoms. The highest BCUT2D eigenvalue weighted by molar-refractivity contribution is 6.19. The second kappa shape index (κ2) is 5.17. The molecule has 3 heteroatoms. The summed E-state index contributed by atoms with van der Waals surface area (Å²) >= 11 is 0. The fraction of sp³-hybridized carbons (Fsp3) is 0.273. The highest BCUT2D eigenvalue weighted by Gasteiger charge is 2.06. The lowest BCUT2D eigenvalue weighted by Crippen LogP contribution is -1.97. The first-order valence-electron chi connectivity index (χ1n) is 4.48. The van der Waals surface area contributed by atoms with Gasteiger partial charge in [0.15, 0.2) is 5.78 Å². The molecule has 0 atom stereocenters. The van der Waals surface area contributed by atoms with Crippen LogP contribution in [0.4, 0.5) is 0 Å². The minimum atomic E-state index is -0.0218. The van der Waals surface area contributed by atoms with E-state index in [0.29, 0.717) is 12.2 Å². The van der Waals surface area contributed by atoms with Crippen LogP contribution in [0, 0.1) is 0 Å². The monoisotopic (exact) mass is 191 g/mol. The maximum absolute atomic E-state index is 11.3. The van der Waals surface area contributed by atoms with Gasteiger partial charge in [-0.1, -0.05) is 6.07 Å². The van der Waals surface area contributed by atoms with Crippen LogP contribution in [0.1, 0.15) is 19.4 Å². The third kappa shape index (κ3) is 2.69. The van der Waals surface area contributed by atoms with Gasteiger partial charge >= 0.3 is 0 Å². The lowest BCUT2D eigenvalue weighted by Gasteiger charge is -2.03. The largest absolute Gasteiger partial charge is 0.501 e. The molecule has 0 aromatic carbocycles. The molecule has 0 aliphatic rings. The Morgan fingerprint density at radius 2 is 2.43 bits per heavy atom. The number of ether oxygens (including phenoxy) is 1. The summed E-state index contributed by atoms with van der Waals surface area (Å²) in [6, 6.07) is 3.62. The van der Waals surface area contributed by atoms with Crippen molar-refractivity contribution in [3.05, 3.63) is 36.4 Å². The second-order valence-electron chi connectivity index (χ2n) is 2.78. The Balaban J connectivity index is 2.95. The first-order chi connectivity index (χ1) is 6.75. The molecule has 0 amide bonds. The number of rotatable bonds is 4. The first-order valence-corrected chi connectivity index (χ1v) is 4.48. The molecule has 0 saturated heterocycles. The fourth-order valence-electron chi connectivity index (χ4n) is 1.04. The molecule has 0 aliphatic carbocycles. The average Bonchev–Trinajstić information content (AvgIpc) is 2.19. The quantitative estimate of drug-likeness (QED) is 0.540. The van der Waals surface area contributed by atoms with E-state index in [2.05, 4.69) is 4.98 Å². The van der Waals surface area contributed by atoms with Crippen molar-refractivity contribution in [3.8, 4) is 0 Å². The number of carbonyl (C=O) groups is 1. The molecule has 14 heavy (non-hydrogen) atoms. The predicted octanol–water partition coefficient (Wildman–Crippen LogP) is 2.05. The Kier molecular flexibility index (Phi) is 3.85. The lowest BCUT2D eigenvalue weighted by atomic mass is 10.1.